The third kappa shape index (κ3) is 22.2. The first-order valence-electron chi connectivity index (χ1n) is 16.2. The summed E-state index contributed by atoms with van der Waals surface area (Å²) in [5.41, 5.74) is 0.686. The minimum atomic E-state index is 0.686. The molecule has 0 aliphatic rings. The van der Waals surface area contributed by atoms with Gasteiger partial charge in [-0.05, 0) is 31.1 Å². The molecule has 0 heterocycles. The minimum Gasteiger partial charge on any atom is -0.0654 e. The van der Waals surface area contributed by atoms with Crippen molar-refractivity contribution in [2.24, 2.45) is 5.41 Å². The molecule has 0 nitrogen and oxygen atoms in total. The summed E-state index contributed by atoms with van der Waals surface area (Å²) >= 11 is 0. The Morgan fingerprint density at radius 1 is 0.242 bits per heavy atom. The van der Waals surface area contributed by atoms with Gasteiger partial charge in [-0.3, -0.25) is 0 Å². The highest BCUT2D eigenvalue weighted by Gasteiger charge is 2.28. The van der Waals surface area contributed by atoms with Crippen LogP contribution in [0.3, 0.4) is 0 Å². The Hall–Kier alpha value is 0. The predicted octanol–water partition coefficient (Wildman–Crippen LogP) is 13.0. The molecular formula is C33H68. The fraction of sp³-hybridized carbons (Fsp3) is 1.00. The largest absolute Gasteiger partial charge is 0.0654 e. The topological polar surface area (TPSA) is 0 Å². The highest BCUT2D eigenvalue weighted by molar-refractivity contribution is 4.80. The van der Waals surface area contributed by atoms with Crippen molar-refractivity contribution in [1.29, 1.82) is 0 Å². The normalized spacial score (nSPS) is 12.0. The molecule has 0 amide bonds. The van der Waals surface area contributed by atoms with E-state index >= 15 is 0 Å². The van der Waals surface area contributed by atoms with E-state index in [1.165, 1.54) is 180 Å². The van der Waals surface area contributed by atoms with Crippen molar-refractivity contribution in [3.63, 3.8) is 0 Å². The van der Waals surface area contributed by atoms with Crippen LogP contribution >= 0.6 is 0 Å². The molecule has 0 aromatic rings. The predicted molar refractivity (Wildman–Crippen MR) is 154 cm³/mol. The van der Waals surface area contributed by atoms with Gasteiger partial charge in [-0.15, -0.1) is 0 Å². The highest BCUT2D eigenvalue weighted by Crippen LogP contribution is 2.42. The fourth-order valence-corrected chi connectivity index (χ4v) is 5.87. The smallest absolute Gasteiger partial charge is 0.0297 e. The van der Waals surface area contributed by atoms with Gasteiger partial charge in [0.2, 0.25) is 0 Å². The molecule has 0 fully saturated rings. The van der Waals surface area contributed by atoms with E-state index in [9.17, 15) is 0 Å². The average molecular weight is 465 g/mol. The lowest BCUT2D eigenvalue weighted by molar-refractivity contribution is 0.171. The van der Waals surface area contributed by atoms with Crippen molar-refractivity contribution < 1.29 is 0 Å². The summed E-state index contributed by atoms with van der Waals surface area (Å²) in [5.74, 6) is 0. The summed E-state index contributed by atoms with van der Waals surface area (Å²) < 4.78 is 0. The van der Waals surface area contributed by atoms with Crippen LogP contribution in [0.1, 0.15) is 207 Å². The van der Waals surface area contributed by atoms with Gasteiger partial charge >= 0.3 is 0 Å². The third-order valence-electron chi connectivity index (χ3n) is 8.24. The van der Waals surface area contributed by atoms with Gasteiger partial charge in [0.15, 0.2) is 0 Å². The van der Waals surface area contributed by atoms with Crippen LogP contribution in [0.2, 0.25) is 0 Å². The molecule has 0 spiro atoms. The Balaban J connectivity index is 4.62. The summed E-state index contributed by atoms with van der Waals surface area (Å²) in [7, 11) is 0. The van der Waals surface area contributed by atoms with E-state index in [0.717, 1.165) is 0 Å². The van der Waals surface area contributed by atoms with Crippen LogP contribution in [0.4, 0.5) is 0 Å². The molecule has 200 valence electrons. The van der Waals surface area contributed by atoms with Crippen LogP contribution in [0.15, 0.2) is 0 Å². The van der Waals surface area contributed by atoms with Crippen LogP contribution < -0.4 is 0 Å². The zero-order valence-electron chi connectivity index (χ0n) is 24.3. The first-order valence-corrected chi connectivity index (χ1v) is 16.2. The van der Waals surface area contributed by atoms with Crippen molar-refractivity contribution in [2.75, 3.05) is 0 Å². The Bertz CT molecular complexity index is 308. The second kappa shape index (κ2) is 26.6. The van der Waals surface area contributed by atoms with Crippen molar-refractivity contribution >= 4 is 0 Å². The van der Waals surface area contributed by atoms with E-state index in [1.54, 1.807) is 0 Å². The minimum absolute atomic E-state index is 0.686. The molecule has 0 rings (SSSR count). The molecule has 0 aliphatic heterocycles. The van der Waals surface area contributed by atoms with Gasteiger partial charge in [-0.1, -0.05) is 182 Å². The van der Waals surface area contributed by atoms with Crippen molar-refractivity contribution in [1.82, 2.24) is 0 Å². The zero-order chi connectivity index (χ0) is 24.3. The Morgan fingerprint density at radius 3 is 0.636 bits per heavy atom. The standard InChI is InChI=1S/C33H68/c1-5-9-13-17-18-19-20-24-28-32-33(29-25-21-14-10-6-2,30-26-22-15-11-7-3)31-27-23-16-12-8-4/h5-32H2,1-4H3. The van der Waals surface area contributed by atoms with Crippen LogP contribution in [-0.4, -0.2) is 0 Å². The lowest BCUT2D eigenvalue weighted by atomic mass is 9.70. The lowest BCUT2D eigenvalue weighted by Gasteiger charge is -2.35. The molecule has 0 aromatic heterocycles. The molecule has 0 radical (unpaired) electrons. The van der Waals surface area contributed by atoms with Crippen LogP contribution in [0.25, 0.3) is 0 Å². The van der Waals surface area contributed by atoms with Crippen LogP contribution in [-0.2, 0) is 0 Å². The number of rotatable bonds is 28. The first kappa shape index (κ1) is 33.0. The van der Waals surface area contributed by atoms with Gasteiger partial charge in [0.25, 0.3) is 0 Å². The molecule has 33 heavy (non-hydrogen) atoms. The van der Waals surface area contributed by atoms with Gasteiger partial charge < -0.3 is 0 Å². The van der Waals surface area contributed by atoms with E-state index in [-0.39, 0.29) is 0 Å². The Labute approximate surface area is 212 Å². The second-order valence-electron chi connectivity index (χ2n) is 11.6. The van der Waals surface area contributed by atoms with E-state index in [4.69, 9.17) is 0 Å². The van der Waals surface area contributed by atoms with Gasteiger partial charge in [0, 0.05) is 0 Å². The summed E-state index contributed by atoms with van der Waals surface area (Å²) in [6, 6.07) is 0. The number of hydrogen-bond acceptors (Lipinski definition) is 0. The summed E-state index contributed by atoms with van der Waals surface area (Å²) in [6.45, 7) is 9.37. The van der Waals surface area contributed by atoms with E-state index < -0.39 is 0 Å². The molecule has 0 aliphatic carbocycles. The summed E-state index contributed by atoms with van der Waals surface area (Å²) in [5, 5.41) is 0. The van der Waals surface area contributed by atoms with Crippen molar-refractivity contribution in [2.45, 2.75) is 207 Å². The van der Waals surface area contributed by atoms with Gasteiger partial charge in [-0.25, -0.2) is 0 Å². The summed E-state index contributed by atoms with van der Waals surface area (Å²) in [6.07, 6.45) is 41.2. The molecule has 0 bridgehead atoms. The fourth-order valence-electron chi connectivity index (χ4n) is 5.87. The Morgan fingerprint density at radius 2 is 0.424 bits per heavy atom. The van der Waals surface area contributed by atoms with Gasteiger partial charge in [0.05, 0.1) is 0 Å². The molecule has 0 saturated carbocycles. The molecule has 0 aromatic carbocycles. The highest BCUT2D eigenvalue weighted by atomic mass is 14.3. The van der Waals surface area contributed by atoms with Gasteiger partial charge in [-0.2, -0.15) is 0 Å². The zero-order valence-corrected chi connectivity index (χ0v) is 24.3. The molecule has 0 unspecified atom stereocenters. The molecule has 0 atom stereocenters. The van der Waals surface area contributed by atoms with Crippen LogP contribution in [0, 0.1) is 5.41 Å². The molecule has 0 N–H and O–H groups in total. The van der Waals surface area contributed by atoms with E-state index in [0.29, 0.717) is 5.41 Å². The number of unbranched alkanes of at least 4 members (excludes halogenated alkanes) is 20. The maximum atomic E-state index is 2.35. The van der Waals surface area contributed by atoms with Crippen molar-refractivity contribution in [3.05, 3.63) is 0 Å². The number of hydrogen-bond donors (Lipinski definition) is 0. The quantitative estimate of drug-likeness (QED) is 0.101. The van der Waals surface area contributed by atoms with Gasteiger partial charge in [0.1, 0.15) is 0 Å². The summed E-state index contributed by atoms with van der Waals surface area (Å²) in [4.78, 5) is 0. The third-order valence-corrected chi connectivity index (χ3v) is 8.24. The Kier molecular flexibility index (Phi) is 26.6. The monoisotopic (exact) mass is 465 g/mol. The molecular weight excluding hydrogens is 396 g/mol. The average Bonchev–Trinajstić information content (AvgIpc) is 2.82. The molecule has 0 heteroatoms. The van der Waals surface area contributed by atoms with E-state index in [2.05, 4.69) is 27.7 Å². The maximum absolute atomic E-state index is 2.35. The van der Waals surface area contributed by atoms with Crippen molar-refractivity contribution in [3.8, 4) is 0 Å². The maximum Gasteiger partial charge on any atom is -0.0297 e. The van der Waals surface area contributed by atoms with E-state index in [1.807, 2.05) is 0 Å². The van der Waals surface area contributed by atoms with Crippen LogP contribution in [0.5, 0.6) is 0 Å². The molecule has 0 saturated heterocycles. The lowest BCUT2D eigenvalue weighted by Crippen LogP contribution is -2.21. The SMILES string of the molecule is CCCCCCCCCCCC(CCCCCCC)(CCCCCCC)CCCCCCC. The second-order valence-corrected chi connectivity index (χ2v) is 11.6. The first-order chi connectivity index (χ1) is 16.2.